The number of rotatable bonds is 6. The van der Waals surface area contributed by atoms with Crippen molar-refractivity contribution in [1.29, 1.82) is 0 Å². The van der Waals surface area contributed by atoms with Crippen molar-refractivity contribution in [3.05, 3.63) is 85.4 Å². The molecule has 2 aliphatic rings. The quantitative estimate of drug-likeness (QED) is 0.365. The Labute approximate surface area is 224 Å². The van der Waals surface area contributed by atoms with Gasteiger partial charge in [-0.15, -0.1) is 0 Å². The van der Waals surface area contributed by atoms with E-state index in [-0.39, 0.29) is 61.4 Å². The molecule has 1 aromatic heterocycles. The van der Waals surface area contributed by atoms with Crippen LogP contribution in [0.15, 0.2) is 56.6 Å². The number of aromatic hydroxyl groups is 1. The van der Waals surface area contributed by atoms with E-state index in [1.165, 1.54) is 18.2 Å². The first-order valence-corrected chi connectivity index (χ1v) is 14.4. The molecule has 194 valence electrons. The van der Waals surface area contributed by atoms with Gasteiger partial charge in [0.1, 0.15) is 11.5 Å². The van der Waals surface area contributed by atoms with E-state index in [9.17, 15) is 23.1 Å². The lowest BCUT2D eigenvalue weighted by Crippen LogP contribution is -2.21. The summed E-state index contributed by atoms with van der Waals surface area (Å²) in [7, 11) is -4.01. The normalized spacial score (nSPS) is 17.0. The largest absolute Gasteiger partial charge is 0.506 e. The predicted molar refractivity (Wildman–Crippen MR) is 141 cm³/mol. The first-order chi connectivity index (χ1) is 17.6. The Balaban J connectivity index is 1.55. The molecule has 1 fully saturated rings. The number of nitrogens with one attached hydrogen (secondary N) is 1. The van der Waals surface area contributed by atoms with Gasteiger partial charge in [-0.05, 0) is 67.5 Å². The minimum absolute atomic E-state index is 0.0501. The number of carbonyl (C=O) groups is 1. The average Bonchev–Trinajstić information content (AvgIpc) is 3.64. The van der Waals surface area contributed by atoms with E-state index < -0.39 is 21.6 Å². The molecule has 1 heterocycles. The van der Waals surface area contributed by atoms with E-state index in [1.807, 2.05) is 0 Å². The maximum absolute atomic E-state index is 13.2. The number of hydrogen-bond acceptors (Lipinski definition) is 6. The van der Waals surface area contributed by atoms with Gasteiger partial charge in [0.25, 0.3) is 10.0 Å². The number of carbonyl (C=O) groups excluding carboxylic acids is 1. The molecule has 7 nitrogen and oxygen atoms in total. The SMILES string of the molecule is O=C1CCCCCc2oc(=O)c(C(c3cccc(NS(=O)(=O)c4cc(Cl)cc(Cl)c4)c3)C3CC3)c(O)c21. The van der Waals surface area contributed by atoms with Crippen LogP contribution in [0.1, 0.15) is 71.7 Å². The third-order valence-electron chi connectivity index (χ3n) is 6.84. The molecule has 0 saturated heterocycles. The predicted octanol–water partition coefficient (Wildman–Crippen LogP) is 6.29. The van der Waals surface area contributed by atoms with Crippen LogP contribution >= 0.6 is 23.2 Å². The summed E-state index contributed by atoms with van der Waals surface area (Å²) in [6.07, 6.45) is 4.70. The molecule has 3 aromatic rings. The number of sulfonamides is 1. The van der Waals surface area contributed by atoms with Crippen LogP contribution in [-0.2, 0) is 16.4 Å². The highest BCUT2D eigenvalue weighted by atomic mass is 35.5. The molecule has 2 N–H and O–H groups in total. The van der Waals surface area contributed by atoms with Crippen LogP contribution in [0.25, 0.3) is 0 Å². The maximum atomic E-state index is 13.2. The number of fused-ring (bicyclic) bond motifs is 1. The lowest BCUT2D eigenvalue weighted by molar-refractivity contribution is 0.0968. The number of hydrogen-bond donors (Lipinski definition) is 2. The summed E-state index contributed by atoms with van der Waals surface area (Å²) in [5, 5.41) is 11.6. The standard InChI is InChI=1S/C27H25Cl2NO6S/c28-17-12-18(29)14-20(13-17)37(34,35)30-19-6-4-5-16(11-19)23(15-9-10-15)25-26(32)24-21(31)7-2-1-3-8-22(24)36-27(25)33/h4-6,11-15,23,30,32H,1-3,7-10H2. The first-order valence-electron chi connectivity index (χ1n) is 12.1. The molecule has 1 atom stereocenters. The van der Waals surface area contributed by atoms with Gasteiger partial charge < -0.3 is 9.52 Å². The van der Waals surface area contributed by atoms with Gasteiger partial charge in [0.05, 0.1) is 16.0 Å². The topological polar surface area (TPSA) is 114 Å². The fourth-order valence-corrected chi connectivity index (χ4v) is 6.76. The fourth-order valence-electron chi connectivity index (χ4n) is 4.99. The second-order valence-corrected chi connectivity index (χ2v) is 12.1. The minimum atomic E-state index is -4.01. The van der Waals surface area contributed by atoms with Gasteiger partial charge in [0, 0.05) is 34.5 Å². The minimum Gasteiger partial charge on any atom is -0.506 e. The third kappa shape index (κ3) is 5.42. The molecule has 2 aromatic carbocycles. The Kier molecular flexibility index (Phi) is 7.09. The smallest absolute Gasteiger partial charge is 0.343 e. The van der Waals surface area contributed by atoms with Crippen molar-refractivity contribution >= 4 is 44.7 Å². The highest BCUT2D eigenvalue weighted by molar-refractivity contribution is 7.92. The Hall–Kier alpha value is -2.81. The van der Waals surface area contributed by atoms with Gasteiger partial charge in [-0.25, -0.2) is 13.2 Å². The molecular weight excluding hydrogens is 537 g/mol. The summed E-state index contributed by atoms with van der Waals surface area (Å²) in [4.78, 5) is 25.9. The molecule has 0 aliphatic heterocycles. The van der Waals surface area contributed by atoms with Crippen LogP contribution in [0.5, 0.6) is 5.75 Å². The summed E-state index contributed by atoms with van der Waals surface area (Å²) in [6, 6.07) is 10.7. The van der Waals surface area contributed by atoms with Gasteiger partial charge in [0.2, 0.25) is 0 Å². The average molecular weight is 562 g/mol. The molecule has 1 unspecified atom stereocenters. The summed E-state index contributed by atoms with van der Waals surface area (Å²) < 4.78 is 34.1. The van der Waals surface area contributed by atoms with Crippen molar-refractivity contribution in [3.63, 3.8) is 0 Å². The molecule has 1 saturated carbocycles. The number of ketones is 1. The van der Waals surface area contributed by atoms with Gasteiger partial charge >= 0.3 is 5.63 Å². The van der Waals surface area contributed by atoms with E-state index >= 15 is 0 Å². The van der Waals surface area contributed by atoms with E-state index in [0.717, 1.165) is 32.1 Å². The van der Waals surface area contributed by atoms with E-state index in [4.69, 9.17) is 27.6 Å². The number of benzene rings is 2. The molecule has 0 amide bonds. The van der Waals surface area contributed by atoms with Gasteiger partial charge in [0.15, 0.2) is 5.78 Å². The van der Waals surface area contributed by atoms with Gasteiger partial charge in [-0.1, -0.05) is 41.8 Å². The number of Topliss-reactive ketones (excluding diaryl/α,β-unsaturated/α-hetero) is 1. The van der Waals surface area contributed by atoms with Crippen molar-refractivity contribution in [3.8, 4) is 5.75 Å². The molecule has 2 aliphatic carbocycles. The Morgan fingerprint density at radius 1 is 0.973 bits per heavy atom. The van der Waals surface area contributed by atoms with Gasteiger partial charge in [-0.3, -0.25) is 9.52 Å². The van der Waals surface area contributed by atoms with Crippen LogP contribution in [0, 0.1) is 5.92 Å². The molecule has 0 spiro atoms. The summed E-state index contributed by atoms with van der Waals surface area (Å²) >= 11 is 12.0. The molecule has 10 heteroatoms. The lowest BCUT2D eigenvalue weighted by Gasteiger charge is -2.21. The van der Waals surface area contributed by atoms with Crippen LogP contribution in [-0.4, -0.2) is 19.3 Å². The summed E-state index contributed by atoms with van der Waals surface area (Å²) in [6.45, 7) is 0. The molecular formula is C27H25Cl2NO6S. The second-order valence-electron chi connectivity index (χ2n) is 9.59. The zero-order valence-corrected chi connectivity index (χ0v) is 22.1. The highest BCUT2D eigenvalue weighted by Gasteiger charge is 2.39. The van der Waals surface area contributed by atoms with Crippen LogP contribution < -0.4 is 10.3 Å². The zero-order chi connectivity index (χ0) is 26.3. The Morgan fingerprint density at radius 3 is 2.38 bits per heavy atom. The first kappa shape index (κ1) is 25.8. The number of halogens is 2. The van der Waals surface area contributed by atoms with E-state index in [0.29, 0.717) is 12.0 Å². The van der Waals surface area contributed by atoms with Crippen molar-refractivity contribution in [2.75, 3.05) is 4.72 Å². The monoisotopic (exact) mass is 561 g/mol. The van der Waals surface area contributed by atoms with Crippen molar-refractivity contribution in [1.82, 2.24) is 0 Å². The van der Waals surface area contributed by atoms with Crippen LogP contribution in [0.2, 0.25) is 10.0 Å². The Bertz CT molecular complexity index is 1520. The van der Waals surface area contributed by atoms with Crippen LogP contribution in [0.4, 0.5) is 5.69 Å². The number of aryl methyl sites for hydroxylation is 1. The van der Waals surface area contributed by atoms with Crippen LogP contribution in [0.3, 0.4) is 0 Å². The number of anilines is 1. The maximum Gasteiger partial charge on any atom is 0.343 e. The van der Waals surface area contributed by atoms with E-state index in [2.05, 4.69) is 4.72 Å². The van der Waals surface area contributed by atoms with Crippen molar-refractivity contribution < 1.29 is 22.7 Å². The molecule has 5 rings (SSSR count). The fraction of sp³-hybridized carbons (Fsp3) is 0.333. The molecule has 37 heavy (non-hydrogen) atoms. The van der Waals surface area contributed by atoms with Gasteiger partial charge in [-0.2, -0.15) is 0 Å². The van der Waals surface area contributed by atoms with Crippen molar-refractivity contribution in [2.45, 2.75) is 55.8 Å². The lowest BCUT2D eigenvalue weighted by atomic mass is 9.85. The zero-order valence-electron chi connectivity index (χ0n) is 19.8. The molecule has 0 bridgehead atoms. The highest BCUT2D eigenvalue weighted by Crippen LogP contribution is 2.49. The summed E-state index contributed by atoms with van der Waals surface area (Å²) in [5.41, 5.74) is 0.394. The summed E-state index contributed by atoms with van der Waals surface area (Å²) in [5.74, 6) is -0.797. The van der Waals surface area contributed by atoms with Crippen molar-refractivity contribution in [2.24, 2.45) is 5.92 Å². The third-order valence-corrected chi connectivity index (χ3v) is 8.64. The molecule has 0 radical (unpaired) electrons. The Morgan fingerprint density at radius 2 is 1.68 bits per heavy atom. The van der Waals surface area contributed by atoms with E-state index in [1.54, 1.807) is 24.3 Å². The second kappa shape index (κ2) is 10.2.